The fourth-order valence-corrected chi connectivity index (χ4v) is 6.38. The molecule has 12 heteroatoms. The number of halogens is 1. The number of carbonyl (C=O) groups excluding carboxylic acids is 1. The van der Waals surface area contributed by atoms with Crippen molar-refractivity contribution in [3.05, 3.63) is 70.7 Å². The number of aliphatic hydroxyl groups excluding tert-OH is 1. The van der Waals surface area contributed by atoms with Gasteiger partial charge in [-0.15, -0.1) is 0 Å². The summed E-state index contributed by atoms with van der Waals surface area (Å²) in [4.78, 5) is 14.6. The van der Waals surface area contributed by atoms with Gasteiger partial charge in [0.15, 0.2) is 0 Å². The molecule has 2 aliphatic heterocycles. The van der Waals surface area contributed by atoms with Crippen LogP contribution in [0.5, 0.6) is 0 Å². The van der Waals surface area contributed by atoms with Crippen LogP contribution in [0.2, 0.25) is 0 Å². The molecule has 2 aliphatic rings. The van der Waals surface area contributed by atoms with Gasteiger partial charge in [-0.05, 0) is 29.2 Å². The lowest BCUT2D eigenvalue weighted by atomic mass is 9.84. The number of aliphatic hydroxyl groups is 1. The Kier molecular flexibility index (Phi) is 5.80. The maximum absolute atomic E-state index is 13.6. The van der Waals surface area contributed by atoms with E-state index in [4.69, 9.17) is 0 Å². The SMILES string of the molecule is CC(C)(C)[C@H]1C(O)=C(C2=NS(=O)(=O)c3c(NS(C)(=O)=O)cccc32)C(=O)N1Cc1ccc(F)cc1. The van der Waals surface area contributed by atoms with Gasteiger partial charge in [0.05, 0.1) is 18.0 Å². The van der Waals surface area contributed by atoms with Gasteiger partial charge in [0.2, 0.25) is 10.0 Å². The van der Waals surface area contributed by atoms with Gasteiger partial charge in [-0.25, -0.2) is 12.8 Å². The molecular weight excluding hydrogens is 497 g/mol. The predicted molar refractivity (Wildman–Crippen MR) is 128 cm³/mol. The maximum Gasteiger partial charge on any atom is 0.285 e. The van der Waals surface area contributed by atoms with Crippen LogP contribution in [-0.2, 0) is 31.4 Å². The van der Waals surface area contributed by atoms with Crippen LogP contribution in [0, 0.1) is 11.2 Å². The highest BCUT2D eigenvalue weighted by atomic mass is 32.2. The summed E-state index contributed by atoms with van der Waals surface area (Å²) >= 11 is 0. The fraction of sp³-hybridized carbons (Fsp3) is 0.304. The first-order valence-electron chi connectivity index (χ1n) is 10.6. The second kappa shape index (κ2) is 8.16. The molecule has 9 nitrogen and oxygen atoms in total. The summed E-state index contributed by atoms with van der Waals surface area (Å²) in [6.07, 6.45) is 0.881. The van der Waals surface area contributed by atoms with Crippen LogP contribution in [0.4, 0.5) is 10.1 Å². The number of nitrogens with zero attached hydrogens (tertiary/aromatic N) is 2. The van der Waals surface area contributed by atoms with Gasteiger partial charge in [-0.2, -0.15) is 12.8 Å². The van der Waals surface area contributed by atoms with Crippen molar-refractivity contribution >= 4 is 37.4 Å². The lowest BCUT2D eigenvalue weighted by molar-refractivity contribution is -0.129. The molecular formula is C23H24FN3O6S2. The van der Waals surface area contributed by atoms with Crippen molar-refractivity contribution in [2.45, 2.75) is 38.3 Å². The van der Waals surface area contributed by atoms with E-state index in [9.17, 15) is 31.1 Å². The van der Waals surface area contributed by atoms with Gasteiger partial charge in [0.1, 0.15) is 27.8 Å². The van der Waals surface area contributed by atoms with Crippen molar-refractivity contribution < 1.29 is 31.1 Å². The van der Waals surface area contributed by atoms with Crippen LogP contribution in [0.15, 0.2) is 63.1 Å². The average Bonchev–Trinajstić information content (AvgIpc) is 3.12. The Labute approximate surface area is 203 Å². The van der Waals surface area contributed by atoms with Crippen molar-refractivity contribution in [3.63, 3.8) is 0 Å². The minimum absolute atomic E-state index is 0.00448. The smallest absolute Gasteiger partial charge is 0.285 e. The monoisotopic (exact) mass is 521 g/mol. The second-order valence-corrected chi connectivity index (χ2v) is 12.8. The predicted octanol–water partition coefficient (Wildman–Crippen LogP) is 2.96. The number of hydrogen-bond acceptors (Lipinski definition) is 6. The molecule has 0 unspecified atom stereocenters. The van der Waals surface area contributed by atoms with Crippen molar-refractivity contribution in [2.24, 2.45) is 9.81 Å². The molecule has 2 N–H and O–H groups in total. The number of carbonyl (C=O) groups is 1. The molecule has 186 valence electrons. The molecule has 2 heterocycles. The van der Waals surface area contributed by atoms with E-state index in [2.05, 4.69) is 9.12 Å². The summed E-state index contributed by atoms with van der Waals surface area (Å²) < 4.78 is 68.7. The molecule has 0 saturated carbocycles. The number of benzene rings is 2. The average molecular weight is 522 g/mol. The highest BCUT2D eigenvalue weighted by Crippen LogP contribution is 2.42. The van der Waals surface area contributed by atoms with Crippen molar-refractivity contribution in [1.29, 1.82) is 0 Å². The van der Waals surface area contributed by atoms with Gasteiger partial charge in [-0.3, -0.25) is 9.52 Å². The summed E-state index contributed by atoms with van der Waals surface area (Å²) in [5.41, 5.74) is -0.762. The van der Waals surface area contributed by atoms with E-state index in [0.717, 1.165) is 6.26 Å². The molecule has 2 aromatic rings. The number of hydrogen-bond donors (Lipinski definition) is 2. The molecule has 0 fully saturated rings. The normalized spacial score (nSPS) is 19.7. The standard InChI is InChI=1S/C23H24FN3O6S2/c1-23(2,3)21-19(28)17(22(29)27(21)12-13-8-10-14(24)11-9-13)18-15-6-5-7-16(25-34(4,30)31)20(15)35(32,33)26-18/h5-11,21,25,28H,12H2,1-4H3/t21-/m1/s1. The maximum atomic E-state index is 13.6. The highest BCUT2D eigenvalue weighted by Gasteiger charge is 2.49. The minimum atomic E-state index is -4.37. The number of anilines is 1. The largest absolute Gasteiger partial charge is 0.509 e. The summed E-state index contributed by atoms with van der Waals surface area (Å²) in [6.45, 7) is 5.49. The van der Waals surface area contributed by atoms with Crippen molar-refractivity contribution in [3.8, 4) is 0 Å². The molecule has 0 aliphatic carbocycles. The minimum Gasteiger partial charge on any atom is -0.509 e. The Balaban J connectivity index is 1.84. The van der Waals surface area contributed by atoms with Crippen LogP contribution in [0.25, 0.3) is 0 Å². The number of sulfonamides is 2. The molecule has 0 aromatic heterocycles. The first-order chi connectivity index (χ1) is 16.1. The molecule has 0 radical (unpaired) electrons. The highest BCUT2D eigenvalue weighted by molar-refractivity contribution is 7.92. The van der Waals surface area contributed by atoms with Gasteiger partial charge < -0.3 is 10.0 Å². The molecule has 4 rings (SSSR count). The van der Waals surface area contributed by atoms with E-state index in [1.165, 1.54) is 47.4 Å². The second-order valence-electron chi connectivity index (χ2n) is 9.56. The summed E-state index contributed by atoms with van der Waals surface area (Å²) in [7, 11) is -8.18. The van der Waals surface area contributed by atoms with E-state index in [1.807, 2.05) is 20.8 Å². The molecule has 1 atom stereocenters. The zero-order valence-corrected chi connectivity index (χ0v) is 21.0. The van der Waals surface area contributed by atoms with Gasteiger partial charge in [0.25, 0.3) is 15.9 Å². The number of rotatable bonds is 5. The molecule has 2 aromatic carbocycles. The zero-order chi connectivity index (χ0) is 25.9. The van der Waals surface area contributed by atoms with Gasteiger partial charge in [0, 0.05) is 12.1 Å². The number of nitrogens with one attached hydrogen (secondary N) is 1. The fourth-order valence-electron chi connectivity index (χ4n) is 4.38. The molecule has 1 amide bonds. The molecule has 0 spiro atoms. The van der Waals surface area contributed by atoms with Crippen LogP contribution in [0.3, 0.4) is 0 Å². The van der Waals surface area contributed by atoms with Crippen molar-refractivity contribution in [1.82, 2.24) is 4.90 Å². The first-order valence-corrected chi connectivity index (χ1v) is 13.9. The molecule has 0 saturated heterocycles. The Bertz CT molecular complexity index is 1510. The zero-order valence-electron chi connectivity index (χ0n) is 19.4. The van der Waals surface area contributed by atoms with Gasteiger partial charge >= 0.3 is 0 Å². The van der Waals surface area contributed by atoms with Crippen molar-refractivity contribution in [2.75, 3.05) is 11.0 Å². The lowest BCUT2D eigenvalue weighted by Gasteiger charge is -2.35. The first kappa shape index (κ1) is 24.9. The van der Waals surface area contributed by atoms with E-state index in [0.29, 0.717) is 5.56 Å². The molecule has 35 heavy (non-hydrogen) atoms. The van der Waals surface area contributed by atoms with Crippen LogP contribution in [0.1, 0.15) is 31.9 Å². The van der Waals surface area contributed by atoms with E-state index >= 15 is 0 Å². The Morgan fingerprint density at radius 3 is 2.34 bits per heavy atom. The third-order valence-corrected chi connectivity index (χ3v) is 7.63. The number of fused-ring (bicyclic) bond motifs is 1. The van der Waals surface area contributed by atoms with E-state index in [-0.39, 0.29) is 34.8 Å². The quantitative estimate of drug-likeness (QED) is 0.622. The van der Waals surface area contributed by atoms with Crippen LogP contribution >= 0.6 is 0 Å². The third-order valence-electron chi connectivity index (χ3n) is 5.66. The van der Waals surface area contributed by atoms with Crippen LogP contribution < -0.4 is 4.72 Å². The van der Waals surface area contributed by atoms with Gasteiger partial charge in [-0.1, -0.05) is 45.0 Å². The lowest BCUT2D eigenvalue weighted by Crippen LogP contribution is -2.43. The number of amides is 1. The summed E-state index contributed by atoms with van der Waals surface area (Å²) in [5, 5.41) is 11.2. The summed E-state index contributed by atoms with van der Waals surface area (Å²) in [5.74, 6) is -1.42. The Morgan fingerprint density at radius 2 is 1.77 bits per heavy atom. The Morgan fingerprint density at radius 1 is 1.14 bits per heavy atom. The third kappa shape index (κ3) is 4.55. The summed E-state index contributed by atoms with van der Waals surface area (Å²) in [6, 6.07) is 8.85. The Hall–Kier alpha value is -3.25. The van der Waals surface area contributed by atoms with E-state index in [1.54, 1.807) is 0 Å². The topological polar surface area (TPSA) is 133 Å². The van der Waals surface area contributed by atoms with Crippen LogP contribution in [-0.4, -0.2) is 50.8 Å². The van der Waals surface area contributed by atoms with E-state index < -0.39 is 48.1 Å². The molecule has 0 bridgehead atoms.